The fraction of sp³-hybridized carbons (Fsp3) is 0.0667. The first-order chi connectivity index (χ1) is 9.74. The van der Waals surface area contributed by atoms with Crippen molar-refractivity contribution in [1.29, 1.82) is 0 Å². The van der Waals surface area contributed by atoms with E-state index in [1.54, 1.807) is 0 Å². The summed E-state index contributed by atoms with van der Waals surface area (Å²) in [6, 6.07) is 14.6. The summed E-state index contributed by atoms with van der Waals surface area (Å²) in [5, 5.41) is 5.96. The first-order valence-electron chi connectivity index (χ1n) is 6.21. The van der Waals surface area contributed by atoms with E-state index < -0.39 is 0 Å². The quantitative estimate of drug-likeness (QED) is 0.773. The van der Waals surface area contributed by atoms with Crippen molar-refractivity contribution in [2.24, 2.45) is 0 Å². The average molecular weight is 285 g/mol. The molecule has 0 aliphatic heterocycles. The van der Waals surface area contributed by atoms with Crippen LogP contribution in [0, 0.1) is 0 Å². The van der Waals surface area contributed by atoms with Crippen LogP contribution in [0.5, 0.6) is 0 Å². The summed E-state index contributed by atoms with van der Waals surface area (Å²) in [4.78, 5) is 7.91. The normalized spacial score (nSPS) is 10.7. The van der Waals surface area contributed by atoms with Gasteiger partial charge in [0.05, 0.1) is 0 Å². The Kier molecular flexibility index (Phi) is 3.39. The maximum Gasteiger partial charge on any atom is 0.150 e. The predicted molar refractivity (Wildman–Crippen MR) is 82.7 cm³/mol. The lowest BCUT2D eigenvalue weighted by Crippen LogP contribution is -2.04. The van der Waals surface area contributed by atoms with E-state index in [-0.39, 0.29) is 5.82 Å². The molecule has 2 aromatic carbocycles. The van der Waals surface area contributed by atoms with Gasteiger partial charge in [0.2, 0.25) is 0 Å². The van der Waals surface area contributed by atoms with Crippen LogP contribution in [0.25, 0.3) is 10.8 Å². The van der Waals surface area contributed by atoms with Gasteiger partial charge in [0.1, 0.15) is 17.2 Å². The Morgan fingerprint density at radius 2 is 1.85 bits per heavy atom. The molecule has 5 heteroatoms. The van der Waals surface area contributed by atoms with E-state index in [0.29, 0.717) is 17.4 Å². The van der Waals surface area contributed by atoms with Crippen LogP contribution in [0.2, 0.25) is 5.02 Å². The second kappa shape index (κ2) is 5.35. The van der Waals surface area contributed by atoms with Gasteiger partial charge in [-0.05, 0) is 22.4 Å². The minimum absolute atomic E-state index is 0.280. The van der Waals surface area contributed by atoms with E-state index in [0.717, 1.165) is 5.56 Å². The van der Waals surface area contributed by atoms with E-state index in [1.807, 2.05) is 12.1 Å². The number of halogens is 1. The molecule has 0 saturated heterocycles. The third kappa shape index (κ3) is 2.51. The Bertz CT molecular complexity index is 758. The molecule has 3 N–H and O–H groups in total. The van der Waals surface area contributed by atoms with E-state index in [4.69, 9.17) is 17.3 Å². The van der Waals surface area contributed by atoms with Crippen molar-refractivity contribution in [3.63, 3.8) is 0 Å². The smallest absolute Gasteiger partial charge is 0.150 e. The number of hydrogen-bond acceptors (Lipinski definition) is 4. The van der Waals surface area contributed by atoms with Crippen molar-refractivity contribution in [3.8, 4) is 0 Å². The first-order valence-corrected chi connectivity index (χ1v) is 6.59. The van der Waals surface area contributed by atoms with Crippen LogP contribution in [-0.4, -0.2) is 9.97 Å². The van der Waals surface area contributed by atoms with Gasteiger partial charge in [-0.2, -0.15) is 0 Å². The molecule has 0 bridgehead atoms. The van der Waals surface area contributed by atoms with Crippen LogP contribution in [0.4, 0.5) is 11.6 Å². The molecule has 0 unspecified atom stereocenters. The maximum absolute atomic E-state index is 6.04. The van der Waals surface area contributed by atoms with Crippen molar-refractivity contribution in [3.05, 3.63) is 59.4 Å². The van der Waals surface area contributed by atoms with Gasteiger partial charge in [0.15, 0.2) is 5.82 Å². The van der Waals surface area contributed by atoms with Crippen LogP contribution < -0.4 is 11.1 Å². The van der Waals surface area contributed by atoms with Crippen LogP contribution in [0.15, 0.2) is 48.8 Å². The summed E-state index contributed by atoms with van der Waals surface area (Å²) < 4.78 is 0. The molecule has 3 rings (SSSR count). The van der Waals surface area contributed by atoms with Gasteiger partial charge in [0.25, 0.3) is 0 Å². The summed E-state index contributed by atoms with van der Waals surface area (Å²) in [5.41, 5.74) is 6.79. The molecular weight excluding hydrogens is 272 g/mol. The van der Waals surface area contributed by atoms with Crippen LogP contribution in [-0.2, 0) is 6.54 Å². The number of fused-ring (bicyclic) bond motifs is 1. The lowest BCUT2D eigenvalue weighted by atomic mass is 10.1. The first kappa shape index (κ1) is 12.7. The highest BCUT2D eigenvalue weighted by atomic mass is 35.5. The minimum Gasteiger partial charge on any atom is -0.382 e. The fourth-order valence-electron chi connectivity index (χ4n) is 2.04. The Hall–Kier alpha value is -2.33. The Morgan fingerprint density at radius 1 is 1.05 bits per heavy atom. The topological polar surface area (TPSA) is 63.8 Å². The second-order valence-electron chi connectivity index (χ2n) is 4.46. The van der Waals surface area contributed by atoms with Gasteiger partial charge in [-0.1, -0.05) is 48.0 Å². The highest BCUT2D eigenvalue weighted by Crippen LogP contribution is 2.24. The molecule has 0 aliphatic carbocycles. The van der Waals surface area contributed by atoms with Gasteiger partial charge in [0, 0.05) is 6.54 Å². The monoisotopic (exact) mass is 284 g/mol. The van der Waals surface area contributed by atoms with E-state index >= 15 is 0 Å². The number of nitrogens with zero attached hydrogens (tertiary/aromatic N) is 2. The zero-order chi connectivity index (χ0) is 13.9. The minimum atomic E-state index is 0.280. The molecule has 1 aromatic heterocycles. The van der Waals surface area contributed by atoms with Gasteiger partial charge < -0.3 is 11.1 Å². The van der Waals surface area contributed by atoms with E-state index in [9.17, 15) is 0 Å². The molecule has 0 saturated carbocycles. The van der Waals surface area contributed by atoms with Crippen molar-refractivity contribution in [2.75, 3.05) is 11.1 Å². The second-order valence-corrected chi connectivity index (χ2v) is 4.83. The largest absolute Gasteiger partial charge is 0.382 e. The van der Waals surface area contributed by atoms with E-state index in [2.05, 4.69) is 45.6 Å². The predicted octanol–water partition coefficient (Wildman–Crippen LogP) is 3.48. The molecule has 0 radical (unpaired) electrons. The van der Waals surface area contributed by atoms with Gasteiger partial charge in [-0.3, -0.25) is 0 Å². The Labute approximate surface area is 121 Å². The molecular formula is C15H13ClN4. The highest BCUT2D eigenvalue weighted by molar-refractivity contribution is 6.35. The zero-order valence-electron chi connectivity index (χ0n) is 10.7. The van der Waals surface area contributed by atoms with Crippen molar-refractivity contribution >= 4 is 34.0 Å². The zero-order valence-corrected chi connectivity index (χ0v) is 11.4. The molecule has 3 aromatic rings. The average Bonchev–Trinajstić information content (AvgIpc) is 2.48. The number of rotatable bonds is 3. The maximum atomic E-state index is 6.04. The summed E-state index contributed by atoms with van der Waals surface area (Å²) in [6.07, 6.45) is 1.39. The molecule has 1 heterocycles. The van der Waals surface area contributed by atoms with Crippen molar-refractivity contribution in [2.45, 2.75) is 6.54 Å². The summed E-state index contributed by atoms with van der Waals surface area (Å²) in [7, 11) is 0. The third-order valence-corrected chi connectivity index (χ3v) is 3.46. The molecule has 0 spiro atoms. The van der Waals surface area contributed by atoms with Gasteiger partial charge in [-0.15, -0.1) is 0 Å². The standard InChI is InChI=1S/C15H13ClN4/c16-13-14(17)19-9-20-15(13)18-8-10-5-6-11-3-1-2-4-12(11)7-10/h1-7,9H,8H2,(H3,17,18,19,20). The van der Waals surface area contributed by atoms with Crippen LogP contribution in [0.1, 0.15) is 5.56 Å². The van der Waals surface area contributed by atoms with E-state index in [1.165, 1.54) is 17.1 Å². The Morgan fingerprint density at radius 3 is 2.70 bits per heavy atom. The molecule has 20 heavy (non-hydrogen) atoms. The summed E-state index contributed by atoms with van der Waals surface area (Å²) in [6.45, 7) is 0.626. The molecule has 100 valence electrons. The van der Waals surface area contributed by atoms with Crippen LogP contribution >= 0.6 is 11.6 Å². The summed E-state index contributed by atoms with van der Waals surface area (Å²) in [5.74, 6) is 0.829. The molecule has 0 fully saturated rings. The highest BCUT2D eigenvalue weighted by Gasteiger charge is 2.05. The van der Waals surface area contributed by atoms with Gasteiger partial charge >= 0.3 is 0 Å². The van der Waals surface area contributed by atoms with Crippen molar-refractivity contribution < 1.29 is 0 Å². The summed E-state index contributed by atoms with van der Waals surface area (Å²) >= 11 is 6.04. The number of hydrogen-bond donors (Lipinski definition) is 2. The molecule has 0 amide bonds. The molecule has 4 nitrogen and oxygen atoms in total. The lowest BCUT2D eigenvalue weighted by Gasteiger charge is -2.09. The number of nitrogens with two attached hydrogens (primary N) is 1. The number of nitrogen functional groups attached to an aromatic ring is 1. The molecule has 0 aliphatic rings. The third-order valence-electron chi connectivity index (χ3n) is 3.09. The number of nitrogens with one attached hydrogen (secondary N) is 1. The van der Waals surface area contributed by atoms with Crippen molar-refractivity contribution in [1.82, 2.24) is 9.97 Å². The lowest BCUT2D eigenvalue weighted by molar-refractivity contribution is 1.09. The number of benzene rings is 2. The molecule has 0 atom stereocenters. The Balaban J connectivity index is 1.81. The SMILES string of the molecule is Nc1ncnc(NCc2ccc3ccccc3c2)c1Cl. The van der Waals surface area contributed by atoms with Crippen LogP contribution in [0.3, 0.4) is 0 Å². The number of aromatic nitrogens is 2. The van der Waals surface area contributed by atoms with Gasteiger partial charge in [-0.25, -0.2) is 9.97 Å². The fourth-order valence-corrected chi connectivity index (χ4v) is 2.21. The number of anilines is 2.